The second kappa shape index (κ2) is 7.34. The van der Waals surface area contributed by atoms with Crippen LogP contribution in [0.15, 0.2) is 41.5 Å². The number of allylic oxidation sites excluding steroid dienone is 4. The Bertz CT molecular complexity index is 829. The van der Waals surface area contributed by atoms with Crippen LogP contribution in [0, 0.1) is 17.3 Å². The Hall–Kier alpha value is -2.36. The third kappa shape index (κ3) is 3.85. The van der Waals surface area contributed by atoms with Crippen molar-refractivity contribution in [2.45, 2.75) is 47.5 Å². The van der Waals surface area contributed by atoms with E-state index < -0.39 is 0 Å². The Kier molecular flexibility index (Phi) is 5.27. The number of carbonyl (C=O) groups excluding carboxylic acids is 2. The van der Waals surface area contributed by atoms with E-state index in [-0.39, 0.29) is 35.6 Å². The van der Waals surface area contributed by atoms with Gasteiger partial charge in [-0.15, -0.1) is 0 Å². The molecule has 2 unspecified atom stereocenters. The van der Waals surface area contributed by atoms with Gasteiger partial charge in [-0.25, -0.2) is 0 Å². The molecule has 1 aromatic carbocycles. The molecule has 0 spiro atoms. The van der Waals surface area contributed by atoms with Crippen LogP contribution >= 0.6 is 0 Å². The lowest BCUT2D eigenvalue weighted by atomic mass is 9.72. The summed E-state index contributed by atoms with van der Waals surface area (Å²) >= 11 is 0. The highest BCUT2D eigenvalue weighted by atomic mass is 16.7. The lowest BCUT2D eigenvalue weighted by Crippen LogP contribution is -2.28. The van der Waals surface area contributed by atoms with Gasteiger partial charge < -0.3 is 9.47 Å². The van der Waals surface area contributed by atoms with Crippen LogP contribution < -0.4 is 9.47 Å². The van der Waals surface area contributed by atoms with Gasteiger partial charge in [0.25, 0.3) is 0 Å². The van der Waals surface area contributed by atoms with Crippen molar-refractivity contribution >= 4 is 11.6 Å². The van der Waals surface area contributed by atoms with Crippen molar-refractivity contribution in [3.05, 3.63) is 47.1 Å². The van der Waals surface area contributed by atoms with Crippen LogP contribution in [-0.4, -0.2) is 18.4 Å². The van der Waals surface area contributed by atoms with Crippen molar-refractivity contribution in [1.82, 2.24) is 0 Å². The third-order valence-corrected chi connectivity index (χ3v) is 5.78. The van der Waals surface area contributed by atoms with E-state index in [9.17, 15) is 9.59 Å². The summed E-state index contributed by atoms with van der Waals surface area (Å²) in [5.41, 5.74) is 2.39. The van der Waals surface area contributed by atoms with E-state index in [1.165, 1.54) is 0 Å². The number of fused-ring (bicyclic) bond motifs is 1. The summed E-state index contributed by atoms with van der Waals surface area (Å²) < 4.78 is 10.7. The van der Waals surface area contributed by atoms with Crippen LogP contribution in [0.5, 0.6) is 11.5 Å². The van der Waals surface area contributed by atoms with Gasteiger partial charge in [-0.2, -0.15) is 0 Å². The highest BCUT2D eigenvalue weighted by molar-refractivity contribution is 6.00. The fraction of sp³-hybridized carbons (Fsp3) is 0.478. The third-order valence-electron chi connectivity index (χ3n) is 5.78. The molecular weight excluding hydrogens is 340 g/mol. The van der Waals surface area contributed by atoms with Crippen LogP contribution in [-0.2, 0) is 4.79 Å². The maximum absolute atomic E-state index is 13.0. The zero-order chi connectivity index (χ0) is 19.8. The van der Waals surface area contributed by atoms with E-state index >= 15 is 0 Å². The molecule has 0 saturated heterocycles. The van der Waals surface area contributed by atoms with E-state index in [2.05, 4.69) is 19.9 Å². The predicted molar refractivity (Wildman–Crippen MR) is 105 cm³/mol. The molecule has 2 atom stereocenters. The first-order valence-electron chi connectivity index (χ1n) is 9.55. The molecule has 27 heavy (non-hydrogen) atoms. The number of rotatable bonds is 6. The van der Waals surface area contributed by atoms with E-state index in [1.54, 1.807) is 18.2 Å². The number of hydrogen-bond acceptors (Lipinski definition) is 4. The summed E-state index contributed by atoms with van der Waals surface area (Å²) in [4.78, 5) is 25.9. The Balaban J connectivity index is 1.72. The molecule has 0 aromatic heterocycles. The van der Waals surface area contributed by atoms with Gasteiger partial charge >= 0.3 is 0 Å². The molecule has 1 heterocycles. The summed E-state index contributed by atoms with van der Waals surface area (Å²) in [6.07, 6.45) is 5.40. The Morgan fingerprint density at radius 3 is 2.56 bits per heavy atom. The minimum Gasteiger partial charge on any atom is -0.454 e. The first kappa shape index (κ1) is 19.4. The Labute approximate surface area is 161 Å². The Morgan fingerprint density at radius 2 is 1.85 bits per heavy atom. The fourth-order valence-corrected chi connectivity index (χ4v) is 3.99. The topological polar surface area (TPSA) is 52.6 Å². The quantitative estimate of drug-likeness (QED) is 0.653. The van der Waals surface area contributed by atoms with Gasteiger partial charge in [0.05, 0.1) is 0 Å². The largest absolute Gasteiger partial charge is 0.454 e. The van der Waals surface area contributed by atoms with Gasteiger partial charge in [0.15, 0.2) is 23.1 Å². The number of carbonyl (C=O) groups is 2. The van der Waals surface area contributed by atoms with Crippen molar-refractivity contribution in [3.63, 3.8) is 0 Å². The predicted octanol–water partition coefficient (Wildman–Crippen LogP) is 5.13. The molecule has 0 radical (unpaired) electrons. The molecule has 3 rings (SSSR count). The van der Waals surface area contributed by atoms with Crippen LogP contribution in [0.4, 0.5) is 0 Å². The molecule has 1 aromatic rings. The molecule has 2 aliphatic rings. The zero-order valence-corrected chi connectivity index (χ0v) is 16.8. The van der Waals surface area contributed by atoms with Crippen molar-refractivity contribution in [2.24, 2.45) is 17.3 Å². The average molecular weight is 368 g/mol. The fourth-order valence-electron chi connectivity index (χ4n) is 3.99. The second-order valence-electron chi connectivity index (χ2n) is 8.37. The number of benzene rings is 1. The first-order chi connectivity index (χ1) is 12.7. The van der Waals surface area contributed by atoms with Crippen LogP contribution in [0.2, 0.25) is 0 Å². The van der Waals surface area contributed by atoms with Crippen molar-refractivity contribution in [3.8, 4) is 11.5 Å². The van der Waals surface area contributed by atoms with Gasteiger partial charge in [-0.05, 0) is 48.4 Å². The van der Waals surface area contributed by atoms with Gasteiger partial charge in [0.2, 0.25) is 6.79 Å². The van der Waals surface area contributed by atoms with E-state index in [0.717, 1.165) is 17.6 Å². The van der Waals surface area contributed by atoms with Gasteiger partial charge in [-0.3, -0.25) is 9.59 Å². The summed E-state index contributed by atoms with van der Waals surface area (Å²) in [5.74, 6) is 1.16. The lowest BCUT2D eigenvalue weighted by Gasteiger charge is -2.31. The van der Waals surface area contributed by atoms with E-state index in [4.69, 9.17) is 9.47 Å². The molecule has 0 bridgehead atoms. The molecule has 1 aliphatic heterocycles. The van der Waals surface area contributed by atoms with Gasteiger partial charge in [-0.1, -0.05) is 39.8 Å². The molecule has 0 N–H and O–H groups in total. The normalized spacial score (nSPS) is 19.7. The SMILES string of the molecule is CC1=C(C(=O)CC(C)C(C)C(=O)c2ccc3c(c2)OCO3)C(C)(C)CC=C1. The maximum atomic E-state index is 13.0. The lowest BCUT2D eigenvalue weighted by molar-refractivity contribution is -0.117. The van der Waals surface area contributed by atoms with Crippen molar-refractivity contribution in [1.29, 1.82) is 0 Å². The van der Waals surface area contributed by atoms with Gasteiger partial charge in [0.1, 0.15) is 0 Å². The van der Waals surface area contributed by atoms with E-state index in [1.807, 2.05) is 26.8 Å². The minimum atomic E-state index is -0.252. The molecular formula is C23H28O4. The van der Waals surface area contributed by atoms with Crippen molar-refractivity contribution < 1.29 is 19.1 Å². The first-order valence-corrected chi connectivity index (χ1v) is 9.55. The van der Waals surface area contributed by atoms with Crippen molar-refractivity contribution in [2.75, 3.05) is 6.79 Å². The van der Waals surface area contributed by atoms with Crippen LogP contribution in [0.1, 0.15) is 57.8 Å². The average Bonchev–Trinajstić information content (AvgIpc) is 3.07. The summed E-state index contributed by atoms with van der Waals surface area (Å²) in [5, 5.41) is 0. The van der Waals surface area contributed by atoms with Crippen LogP contribution in [0.3, 0.4) is 0 Å². The zero-order valence-electron chi connectivity index (χ0n) is 16.8. The van der Waals surface area contributed by atoms with Crippen LogP contribution in [0.25, 0.3) is 0 Å². The number of Topliss-reactive ketones (excluding diaryl/α,β-unsaturated/α-hetero) is 2. The van der Waals surface area contributed by atoms with Gasteiger partial charge in [0, 0.05) is 23.5 Å². The second-order valence-corrected chi connectivity index (χ2v) is 8.37. The molecule has 1 aliphatic carbocycles. The number of ketones is 2. The monoisotopic (exact) mass is 368 g/mol. The number of hydrogen-bond donors (Lipinski definition) is 0. The summed E-state index contributed by atoms with van der Waals surface area (Å²) in [7, 11) is 0. The molecule has 144 valence electrons. The summed E-state index contributed by atoms with van der Waals surface area (Å²) in [6.45, 7) is 10.3. The highest BCUT2D eigenvalue weighted by Crippen LogP contribution is 2.39. The molecule has 4 heteroatoms. The standard InChI is InChI=1S/C23H28O4/c1-14-7-6-10-23(4,5)21(14)18(24)11-15(2)16(3)22(25)17-8-9-19-20(12-17)27-13-26-19/h6-9,12,15-16H,10-11,13H2,1-5H3. The summed E-state index contributed by atoms with van der Waals surface area (Å²) in [6, 6.07) is 5.27. The van der Waals surface area contributed by atoms with E-state index in [0.29, 0.717) is 23.5 Å². The molecule has 4 nitrogen and oxygen atoms in total. The highest BCUT2D eigenvalue weighted by Gasteiger charge is 2.33. The maximum Gasteiger partial charge on any atom is 0.231 e. The minimum absolute atomic E-state index is 0.0297. The Morgan fingerprint density at radius 1 is 1.15 bits per heavy atom. The molecule has 0 saturated carbocycles. The molecule has 0 fully saturated rings. The smallest absolute Gasteiger partial charge is 0.231 e. The number of ether oxygens (including phenoxy) is 2. The molecule has 0 amide bonds.